The molecule has 0 radical (unpaired) electrons. The van der Waals surface area contributed by atoms with E-state index in [1.165, 1.54) is 11.3 Å². The van der Waals surface area contributed by atoms with Gasteiger partial charge in [0, 0.05) is 31.9 Å². The van der Waals surface area contributed by atoms with Crippen molar-refractivity contribution in [2.45, 2.75) is 6.92 Å². The maximum Gasteiger partial charge on any atom is 0.131 e. The van der Waals surface area contributed by atoms with E-state index in [9.17, 15) is 0 Å². The maximum atomic E-state index is 5.75. The minimum atomic E-state index is 0.587. The number of pyridine rings is 1. The van der Waals surface area contributed by atoms with Crippen molar-refractivity contribution >= 4 is 17.3 Å². The van der Waals surface area contributed by atoms with Crippen LogP contribution in [-0.4, -0.2) is 31.2 Å². The molecule has 1 fully saturated rings. The SMILES string of the molecule is Cc1cccc(N2CCN(c3cccc(N)n3)CC2)c1. The second-order valence-corrected chi connectivity index (χ2v) is 5.23. The van der Waals surface area contributed by atoms with Crippen LogP contribution in [0.5, 0.6) is 0 Å². The lowest BCUT2D eigenvalue weighted by molar-refractivity contribution is 0.648. The van der Waals surface area contributed by atoms with Gasteiger partial charge in [0.25, 0.3) is 0 Å². The van der Waals surface area contributed by atoms with Crippen molar-refractivity contribution in [2.24, 2.45) is 0 Å². The Morgan fingerprint density at radius 2 is 1.65 bits per heavy atom. The Bertz CT molecular complexity index is 535. The second kappa shape index (κ2) is 5.41. The zero-order chi connectivity index (χ0) is 13.9. The van der Waals surface area contributed by atoms with Crippen molar-refractivity contribution in [3.63, 3.8) is 0 Å². The molecule has 2 heterocycles. The lowest BCUT2D eigenvalue weighted by Gasteiger charge is -2.36. The molecule has 1 aliphatic heterocycles. The molecule has 0 amide bonds. The van der Waals surface area contributed by atoms with Crippen LogP contribution in [0.1, 0.15) is 5.56 Å². The van der Waals surface area contributed by atoms with E-state index >= 15 is 0 Å². The molecule has 0 spiro atoms. The molecular weight excluding hydrogens is 248 g/mol. The Kier molecular flexibility index (Phi) is 3.46. The van der Waals surface area contributed by atoms with Gasteiger partial charge >= 0.3 is 0 Å². The van der Waals surface area contributed by atoms with Crippen LogP contribution in [0.25, 0.3) is 0 Å². The number of benzene rings is 1. The Labute approximate surface area is 119 Å². The number of nitrogens with two attached hydrogens (primary N) is 1. The van der Waals surface area contributed by atoms with Crippen LogP contribution in [-0.2, 0) is 0 Å². The smallest absolute Gasteiger partial charge is 0.131 e. The summed E-state index contributed by atoms with van der Waals surface area (Å²) in [6.45, 7) is 6.12. The van der Waals surface area contributed by atoms with Gasteiger partial charge in [0.2, 0.25) is 0 Å². The third kappa shape index (κ3) is 2.69. The monoisotopic (exact) mass is 268 g/mol. The van der Waals surface area contributed by atoms with Gasteiger partial charge in [0.15, 0.2) is 0 Å². The molecule has 4 nitrogen and oxygen atoms in total. The number of hydrogen-bond acceptors (Lipinski definition) is 4. The number of nitrogen functional groups attached to an aromatic ring is 1. The van der Waals surface area contributed by atoms with Gasteiger partial charge in [-0.2, -0.15) is 0 Å². The molecular formula is C16H20N4. The standard InChI is InChI=1S/C16H20N4/c1-13-4-2-5-14(12-13)19-8-10-20(11-9-19)16-7-3-6-15(17)18-16/h2-7,12H,8-11H2,1H3,(H2,17,18). The zero-order valence-electron chi connectivity index (χ0n) is 11.8. The molecule has 0 unspecified atom stereocenters. The molecule has 0 atom stereocenters. The first-order chi connectivity index (χ1) is 9.72. The van der Waals surface area contributed by atoms with Gasteiger partial charge in [-0.1, -0.05) is 18.2 Å². The summed E-state index contributed by atoms with van der Waals surface area (Å²) in [5.41, 5.74) is 8.37. The predicted octanol–water partition coefficient (Wildman–Crippen LogP) is 2.30. The molecule has 104 valence electrons. The lowest BCUT2D eigenvalue weighted by atomic mass is 10.2. The van der Waals surface area contributed by atoms with Crippen LogP contribution in [0, 0.1) is 6.92 Å². The topological polar surface area (TPSA) is 45.4 Å². The average Bonchev–Trinajstić information content (AvgIpc) is 2.47. The van der Waals surface area contributed by atoms with E-state index in [0.29, 0.717) is 5.82 Å². The third-order valence-corrected chi connectivity index (χ3v) is 3.73. The van der Waals surface area contributed by atoms with Gasteiger partial charge in [0.05, 0.1) is 0 Å². The van der Waals surface area contributed by atoms with E-state index in [1.54, 1.807) is 0 Å². The fourth-order valence-electron chi connectivity index (χ4n) is 2.63. The summed E-state index contributed by atoms with van der Waals surface area (Å²) in [7, 11) is 0. The summed E-state index contributed by atoms with van der Waals surface area (Å²) in [4.78, 5) is 9.11. The van der Waals surface area contributed by atoms with E-state index < -0.39 is 0 Å². The van der Waals surface area contributed by atoms with Crippen molar-refractivity contribution < 1.29 is 0 Å². The van der Waals surface area contributed by atoms with Crippen LogP contribution in [0.15, 0.2) is 42.5 Å². The molecule has 0 bridgehead atoms. The summed E-state index contributed by atoms with van der Waals surface area (Å²) in [6.07, 6.45) is 0. The molecule has 20 heavy (non-hydrogen) atoms. The highest BCUT2D eigenvalue weighted by Crippen LogP contribution is 2.20. The average molecular weight is 268 g/mol. The van der Waals surface area contributed by atoms with Gasteiger partial charge in [-0.25, -0.2) is 4.98 Å². The Morgan fingerprint density at radius 1 is 0.950 bits per heavy atom. The fourth-order valence-corrected chi connectivity index (χ4v) is 2.63. The fraction of sp³-hybridized carbons (Fsp3) is 0.312. The van der Waals surface area contributed by atoms with Gasteiger partial charge < -0.3 is 15.5 Å². The highest BCUT2D eigenvalue weighted by molar-refractivity contribution is 5.51. The number of piperazine rings is 1. The number of hydrogen-bond donors (Lipinski definition) is 1. The van der Waals surface area contributed by atoms with Crippen LogP contribution >= 0.6 is 0 Å². The van der Waals surface area contributed by atoms with Crippen molar-refractivity contribution in [2.75, 3.05) is 41.7 Å². The molecule has 0 aliphatic carbocycles. The summed E-state index contributed by atoms with van der Waals surface area (Å²) >= 11 is 0. The molecule has 1 aromatic carbocycles. The summed E-state index contributed by atoms with van der Waals surface area (Å²) in [6, 6.07) is 14.5. The zero-order valence-corrected chi connectivity index (χ0v) is 11.8. The second-order valence-electron chi connectivity index (χ2n) is 5.23. The Hall–Kier alpha value is -2.23. The number of aryl methyl sites for hydroxylation is 1. The van der Waals surface area contributed by atoms with Crippen LogP contribution in [0.3, 0.4) is 0 Å². The number of aromatic nitrogens is 1. The quantitative estimate of drug-likeness (QED) is 0.907. The molecule has 1 aromatic heterocycles. The van der Waals surface area contributed by atoms with Crippen molar-refractivity contribution in [1.82, 2.24) is 4.98 Å². The summed E-state index contributed by atoms with van der Waals surface area (Å²) < 4.78 is 0. The van der Waals surface area contributed by atoms with E-state index in [2.05, 4.69) is 46.0 Å². The van der Waals surface area contributed by atoms with Crippen molar-refractivity contribution in [1.29, 1.82) is 0 Å². The van der Waals surface area contributed by atoms with E-state index in [4.69, 9.17) is 5.73 Å². The number of rotatable bonds is 2. The molecule has 1 aliphatic rings. The van der Waals surface area contributed by atoms with E-state index in [-0.39, 0.29) is 0 Å². The third-order valence-electron chi connectivity index (χ3n) is 3.73. The minimum Gasteiger partial charge on any atom is -0.384 e. The van der Waals surface area contributed by atoms with E-state index in [1.807, 2.05) is 18.2 Å². The predicted molar refractivity (Wildman–Crippen MR) is 84.3 cm³/mol. The van der Waals surface area contributed by atoms with Crippen LogP contribution < -0.4 is 15.5 Å². The molecule has 3 rings (SSSR count). The van der Waals surface area contributed by atoms with Crippen LogP contribution in [0.4, 0.5) is 17.3 Å². The highest BCUT2D eigenvalue weighted by atomic mass is 15.3. The first-order valence-electron chi connectivity index (χ1n) is 7.01. The number of anilines is 3. The van der Waals surface area contributed by atoms with Gasteiger partial charge in [-0.3, -0.25) is 0 Å². The minimum absolute atomic E-state index is 0.587. The molecule has 2 aromatic rings. The Morgan fingerprint density at radius 3 is 2.35 bits per heavy atom. The number of nitrogens with zero attached hydrogens (tertiary/aromatic N) is 3. The molecule has 4 heteroatoms. The highest BCUT2D eigenvalue weighted by Gasteiger charge is 2.18. The van der Waals surface area contributed by atoms with Gasteiger partial charge in [-0.15, -0.1) is 0 Å². The molecule has 2 N–H and O–H groups in total. The Balaban J connectivity index is 1.68. The van der Waals surface area contributed by atoms with Gasteiger partial charge in [-0.05, 0) is 36.8 Å². The normalized spacial score (nSPS) is 15.4. The maximum absolute atomic E-state index is 5.75. The van der Waals surface area contributed by atoms with E-state index in [0.717, 1.165) is 32.0 Å². The van der Waals surface area contributed by atoms with Crippen LogP contribution in [0.2, 0.25) is 0 Å². The lowest BCUT2D eigenvalue weighted by Crippen LogP contribution is -2.46. The largest absolute Gasteiger partial charge is 0.384 e. The summed E-state index contributed by atoms with van der Waals surface area (Å²) in [5, 5.41) is 0. The van der Waals surface area contributed by atoms with Crippen molar-refractivity contribution in [3.8, 4) is 0 Å². The molecule has 0 saturated carbocycles. The first kappa shape index (κ1) is 12.8. The van der Waals surface area contributed by atoms with Crippen molar-refractivity contribution in [3.05, 3.63) is 48.0 Å². The first-order valence-corrected chi connectivity index (χ1v) is 7.01. The molecule has 1 saturated heterocycles. The van der Waals surface area contributed by atoms with Gasteiger partial charge in [0.1, 0.15) is 11.6 Å². The summed E-state index contributed by atoms with van der Waals surface area (Å²) in [5.74, 6) is 1.57.